The van der Waals surface area contributed by atoms with Crippen LogP contribution < -0.4 is 5.73 Å². The van der Waals surface area contributed by atoms with Gasteiger partial charge in [-0.05, 0) is 37.5 Å². The maximum absolute atomic E-state index is 13.7. The average molecular weight is 197 g/mol. The zero-order valence-electron chi connectivity index (χ0n) is 8.76. The van der Waals surface area contributed by atoms with Crippen molar-refractivity contribution in [3.05, 3.63) is 34.1 Å². The highest BCUT2D eigenvalue weighted by Gasteiger charge is 2.16. The second-order valence-electron chi connectivity index (χ2n) is 3.65. The maximum Gasteiger partial charge on any atom is 0.131 e. The smallest absolute Gasteiger partial charge is 0.131 e. The lowest BCUT2D eigenvalue weighted by Gasteiger charge is -2.16. The van der Waals surface area contributed by atoms with Crippen molar-refractivity contribution >= 4 is 0 Å². The molecule has 0 spiro atoms. The van der Waals surface area contributed by atoms with E-state index in [2.05, 4.69) is 0 Å². The summed E-state index contributed by atoms with van der Waals surface area (Å²) in [5, 5.41) is 8.93. The highest BCUT2D eigenvalue weighted by atomic mass is 19.1. The van der Waals surface area contributed by atoms with Gasteiger partial charge >= 0.3 is 0 Å². The number of aliphatic hydroxyl groups is 1. The second-order valence-corrected chi connectivity index (χ2v) is 3.65. The van der Waals surface area contributed by atoms with E-state index in [1.54, 1.807) is 13.0 Å². The van der Waals surface area contributed by atoms with E-state index in [-0.39, 0.29) is 12.4 Å². The molecule has 0 saturated heterocycles. The Morgan fingerprint density at radius 3 is 2.43 bits per heavy atom. The van der Waals surface area contributed by atoms with Crippen LogP contribution in [0.15, 0.2) is 6.07 Å². The van der Waals surface area contributed by atoms with E-state index in [0.717, 1.165) is 11.1 Å². The molecule has 0 amide bonds. The Morgan fingerprint density at radius 2 is 1.93 bits per heavy atom. The second kappa shape index (κ2) is 4.07. The van der Waals surface area contributed by atoms with Crippen LogP contribution in [0.3, 0.4) is 0 Å². The Hall–Kier alpha value is -0.930. The minimum absolute atomic E-state index is 0.235. The molecular weight excluding hydrogens is 181 g/mol. The van der Waals surface area contributed by atoms with E-state index >= 15 is 0 Å². The minimum Gasteiger partial charge on any atom is -0.394 e. The molecular formula is C11H16FNO. The molecule has 1 atom stereocenters. The first-order chi connectivity index (χ1) is 6.49. The molecule has 0 aromatic heterocycles. The summed E-state index contributed by atoms with van der Waals surface area (Å²) in [5.74, 6) is -0.297. The molecule has 3 N–H and O–H groups in total. The Bertz CT molecular complexity index is 323. The Kier molecular flexibility index (Phi) is 3.24. The molecule has 0 aliphatic rings. The minimum atomic E-state index is -0.631. The molecule has 3 heteroatoms. The van der Waals surface area contributed by atoms with Crippen molar-refractivity contribution in [3.63, 3.8) is 0 Å². The van der Waals surface area contributed by atoms with Crippen molar-refractivity contribution in [2.75, 3.05) is 6.61 Å². The van der Waals surface area contributed by atoms with Crippen LogP contribution in [0.4, 0.5) is 4.39 Å². The summed E-state index contributed by atoms with van der Waals surface area (Å²) in [6.07, 6.45) is 0. The van der Waals surface area contributed by atoms with Crippen LogP contribution in [-0.2, 0) is 0 Å². The van der Waals surface area contributed by atoms with E-state index in [9.17, 15) is 4.39 Å². The monoisotopic (exact) mass is 197 g/mol. The number of aryl methyl sites for hydroxylation is 2. The maximum atomic E-state index is 13.7. The molecule has 0 radical (unpaired) electrons. The first-order valence-corrected chi connectivity index (χ1v) is 4.61. The van der Waals surface area contributed by atoms with E-state index < -0.39 is 6.04 Å². The van der Waals surface area contributed by atoms with Crippen LogP contribution in [0.1, 0.15) is 28.3 Å². The zero-order chi connectivity index (χ0) is 10.9. The number of rotatable bonds is 2. The number of aliphatic hydroxyl groups excluding tert-OH is 1. The lowest BCUT2D eigenvalue weighted by molar-refractivity contribution is 0.264. The molecule has 0 saturated carbocycles. The SMILES string of the molecule is Cc1cc(C)c(F)c(C(N)CO)c1C. The zero-order valence-corrected chi connectivity index (χ0v) is 8.76. The van der Waals surface area contributed by atoms with Crippen LogP contribution in [-0.4, -0.2) is 11.7 Å². The molecule has 78 valence electrons. The van der Waals surface area contributed by atoms with Gasteiger partial charge in [-0.1, -0.05) is 6.07 Å². The molecule has 1 unspecified atom stereocenters. The van der Waals surface area contributed by atoms with Gasteiger partial charge in [-0.2, -0.15) is 0 Å². The van der Waals surface area contributed by atoms with Gasteiger partial charge in [0, 0.05) is 5.56 Å². The van der Waals surface area contributed by atoms with Crippen molar-refractivity contribution < 1.29 is 9.50 Å². The molecule has 0 bridgehead atoms. The summed E-state index contributed by atoms with van der Waals surface area (Å²) >= 11 is 0. The highest BCUT2D eigenvalue weighted by Crippen LogP contribution is 2.25. The van der Waals surface area contributed by atoms with Gasteiger partial charge in [-0.15, -0.1) is 0 Å². The number of hydrogen-bond acceptors (Lipinski definition) is 2. The van der Waals surface area contributed by atoms with E-state index in [0.29, 0.717) is 11.1 Å². The van der Waals surface area contributed by atoms with E-state index in [1.807, 2.05) is 13.8 Å². The molecule has 0 aliphatic heterocycles. The van der Waals surface area contributed by atoms with Crippen LogP contribution in [0.25, 0.3) is 0 Å². The predicted molar refractivity (Wildman–Crippen MR) is 54.6 cm³/mol. The number of hydrogen-bond donors (Lipinski definition) is 2. The van der Waals surface area contributed by atoms with Gasteiger partial charge < -0.3 is 10.8 Å². The fraction of sp³-hybridized carbons (Fsp3) is 0.455. The Morgan fingerprint density at radius 1 is 1.36 bits per heavy atom. The summed E-state index contributed by atoms with van der Waals surface area (Å²) in [7, 11) is 0. The third-order valence-corrected chi connectivity index (χ3v) is 2.58. The molecule has 1 aromatic rings. The van der Waals surface area contributed by atoms with Gasteiger partial charge in [0.2, 0.25) is 0 Å². The fourth-order valence-electron chi connectivity index (χ4n) is 1.62. The van der Waals surface area contributed by atoms with E-state index in [4.69, 9.17) is 10.8 Å². The third kappa shape index (κ3) is 1.79. The molecule has 1 rings (SSSR count). The summed E-state index contributed by atoms with van der Waals surface area (Å²) in [4.78, 5) is 0. The van der Waals surface area contributed by atoms with Crippen LogP contribution >= 0.6 is 0 Å². The molecule has 1 aromatic carbocycles. The first kappa shape index (κ1) is 11.1. The van der Waals surface area contributed by atoms with Crippen LogP contribution in [0.5, 0.6) is 0 Å². The van der Waals surface area contributed by atoms with Gasteiger partial charge in [-0.3, -0.25) is 0 Å². The summed E-state index contributed by atoms with van der Waals surface area (Å²) in [6, 6.07) is 1.16. The van der Waals surface area contributed by atoms with Crippen molar-refractivity contribution in [1.29, 1.82) is 0 Å². The summed E-state index contributed by atoms with van der Waals surface area (Å²) in [5.41, 5.74) is 8.49. The van der Waals surface area contributed by atoms with Gasteiger partial charge in [0.15, 0.2) is 0 Å². The molecule has 0 fully saturated rings. The van der Waals surface area contributed by atoms with Gasteiger partial charge in [0.1, 0.15) is 5.82 Å². The lowest BCUT2D eigenvalue weighted by atomic mass is 9.95. The Balaban J connectivity index is 3.39. The van der Waals surface area contributed by atoms with Gasteiger partial charge in [0.05, 0.1) is 12.6 Å². The van der Waals surface area contributed by atoms with Gasteiger partial charge in [-0.25, -0.2) is 4.39 Å². The summed E-state index contributed by atoms with van der Waals surface area (Å²) in [6.45, 7) is 5.20. The Labute approximate surface area is 83.6 Å². The summed E-state index contributed by atoms with van der Waals surface area (Å²) < 4.78 is 13.7. The molecule has 14 heavy (non-hydrogen) atoms. The van der Waals surface area contributed by atoms with Crippen molar-refractivity contribution in [1.82, 2.24) is 0 Å². The molecule has 2 nitrogen and oxygen atoms in total. The van der Waals surface area contributed by atoms with Crippen LogP contribution in [0, 0.1) is 26.6 Å². The normalized spacial score (nSPS) is 13.0. The largest absolute Gasteiger partial charge is 0.394 e. The average Bonchev–Trinajstić information content (AvgIpc) is 2.15. The van der Waals surface area contributed by atoms with Gasteiger partial charge in [0.25, 0.3) is 0 Å². The predicted octanol–water partition coefficient (Wildman–Crippen LogP) is 1.74. The lowest BCUT2D eigenvalue weighted by Crippen LogP contribution is -2.18. The van der Waals surface area contributed by atoms with E-state index in [1.165, 1.54) is 0 Å². The third-order valence-electron chi connectivity index (χ3n) is 2.58. The van der Waals surface area contributed by atoms with Crippen molar-refractivity contribution in [3.8, 4) is 0 Å². The number of halogens is 1. The van der Waals surface area contributed by atoms with Crippen molar-refractivity contribution in [2.45, 2.75) is 26.8 Å². The molecule has 0 heterocycles. The van der Waals surface area contributed by atoms with Crippen molar-refractivity contribution in [2.24, 2.45) is 5.73 Å². The van der Waals surface area contributed by atoms with Crippen LogP contribution in [0.2, 0.25) is 0 Å². The standard InChI is InChI=1S/C11H16FNO/c1-6-4-7(2)11(12)10(8(6)3)9(13)5-14/h4,9,14H,5,13H2,1-3H3. The quantitative estimate of drug-likeness (QED) is 0.758. The number of nitrogens with two attached hydrogens (primary N) is 1. The molecule has 0 aliphatic carbocycles. The topological polar surface area (TPSA) is 46.2 Å². The highest BCUT2D eigenvalue weighted by molar-refractivity contribution is 5.40. The fourth-order valence-corrected chi connectivity index (χ4v) is 1.62. The first-order valence-electron chi connectivity index (χ1n) is 4.61. The number of benzene rings is 1.